The average Bonchev–Trinajstić information content (AvgIpc) is 2.94. The highest BCUT2D eigenvalue weighted by molar-refractivity contribution is 5.30. The third-order valence-corrected chi connectivity index (χ3v) is 3.87. The van der Waals surface area contributed by atoms with Gasteiger partial charge in [0.1, 0.15) is 5.75 Å². The van der Waals surface area contributed by atoms with E-state index in [2.05, 4.69) is 29.4 Å². The summed E-state index contributed by atoms with van der Waals surface area (Å²) in [6.45, 7) is 3.57. The summed E-state index contributed by atoms with van der Waals surface area (Å²) in [5.41, 5.74) is 9.04. The van der Waals surface area contributed by atoms with E-state index in [0.717, 1.165) is 36.5 Å². The predicted molar refractivity (Wildman–Crippen MR) is 87.9 cm³/mol. The van der Waals surface area contributed by atoms with E-state index < -0.39 is 0 Å². The maximum absolute atomic E-state index is 5.80. The summed E-state index contributed by atoms with van der Waals surface area (Å²) in [6, 6.07) is 8.11. The van der Waals surface area contributed by atoms with Crippen molar-refractivity contribution in [2.45, 2.75) is 52.1 Å². The molecule has 0 unspecified atom stereocenters. The zero-order valence-electron chi connectivity index (χ0n) is 13.6. The predicted octanol–water partition coefficient (Wildman–Crippen LogP) is 2.92. The summed E-state index contributed by atoms with van der Waals surface area (Å²) >= 11 is 0. The number of nitrogens with two attached hydrogens (primary N) is 1. The molecule has 0 aliphatic rings. The fourth-order valence-electron chi connectivity index (χ4n) is 2.53. The highest BCUT2D eigenvalue weighted by Gasteiger charge is 2.12. The van der Waals surface area contributed by atoms with Gasteiger partial charge in [0.15, 0.2) is 0 Å². The van der Waals surface area contributed by atoms with E-state index in [0.29, 0.717) is 6.54 Å². The Morgan fingerprint density at radius 2 is 1.91 bits per heavy atom. The molecule has 0 fully saturated rings. The van der Waals surface area contributed by atoms with E-state index >= 15 is 0 Å². The molecule has 2 rings (SSSR count). The zero-order chi connectivity index (χ0) is 15.8. The normalized spacial score (nSPS) is 10.9. The summed E-state index contributed by atoms with van der Waals surface area (Å²) in [5.74, 6) is 0.869. The molecule has 1 aromatic heterocycles. The molecule has 0 saturated carbocycles. The molecule has 2 aromatic rings. The first-order chi connectivity index (χ1) is 10.8. The van der Waals surface area contributed by atoms with Gasteiger partial charge in [-0.2, -0.15) is 0 Å². The minimum absolute atomic E-state index is 0.431. The Labute approximate surface area is 132 Å². The summed E-state index contributed by atoms with van der Waals surface area (Å²) in [4.78, 5) is 0. The second kappa shape index (κ2) is 8.54. The summed E-state index contributed by atoms with van der Waals surface area (Å²) < 4.78 is 7.22. The Kier molecular flexibility index (Phi) is 6.40. The van der Waals surface area contributed by atoms with Crippen molar-refractivity contribution in [1.82, 2.24) is 15.0 Å². The summed E-state index contributed by atoms with van der Waals surface area (Å²) in [6.07, 6.45) is 5.68. The van der Waals surface area contributed by atoms with Crippen molar-refractivity contribution in [3.05, 3.63) is 41.2 Å². The number of ether oxygens (including phenoxy) is 1. The van der Waals surface area contributed by atoms with E-state index in [9.17, 15) is 0 Å². The molecular weight excluding hydrogens is 276 g/mol. The number of methoxy groups -OCH3 is 1. The highest BCUT2D eigenvalue weighted by Crippen LogP contribution is 2.17. The minimum Gasteiger partial charge on any atom is -0.497 e. The second-order valence-electron chi connectivity index (χ2n) is 5.50. The number of hydrogen-bond donors (Lipinski definition) is 1. The largest absolute Gasteiger partial charge is 0.497 e. The number of benzene rings is 1. The molecule has 0 aliphatic heterocycles. The van der Waals surface area contributed by atoms with E-state index in [-0.39, 0.29) is 0 Å². The molecule has 120 valence electrons. The third-order valence-electron chi connectivity index (χ3n) is 3.87. The van der Waals surface area contributed by atoms with Crippen LogP contribution in [0, 0.1) is 0 Å². The number of aryl methyl sites for hydroxylation is 1. The van der Waals surface area contributed by atoms with Gasteiger partial charge in [0.25, 0.3) is 0 Å². The first-order valence-corrected chi connectivity index (χ1v) is 8.02. The fourth-order valence-corrected chi connectivity index (χ4v) is 2.53. The van der Waals surface area contributed by atoms with Gasteiger partial charge < -0.3 is 10.5 Å². The molecular formula is C17H26N4O. The number of unbranched alkanes of at least 4 members (excludes halogenated alkanes) is 3. The SMILES string of the molecule is CCCCCCn1nnc(CN)c1Cc1ccc(OC)cc1. The zero-order valence-corrected chi connectivity index (χ0v) is 13.6. The maximum Gasteiger partial charge on any atom is 0.118 e. The number of hydrogen-bond acceptors (Lipinski definition) is 4. The van der Waals surface area contributed by atoms with Crippen LogP contribution in [0.1, 0.15) is 49.6 Å². The minimum atomic E-state index is 0.431. The van der Waals surface area contributed by atoms with Crippen molar-refractivity contribution in [1.29, 1.82) is 0 Å². The molecule has 0 saturated heterocycles. The molecule has 2 N–H and O–H groups in total. The molecule has 0 spiro atoms. The van der Waals surface area contributed by atoms with Crippen LogP contribution in [0.25, 0.3) is 0 Å². The molecule has 1 aromatic carbocycles. The monoisotopic (exact) mass is 302 g/mol. The van der Waals surface area contributed by atoms with Crippen LogP contribution < -0.4 is 10.5 Å². The molecule has 0 amide bonds. The molecule has 0 radical (unpaired) electrons. The number of aromatic nitrogens is 3. The van der Waals surface area contributed by atoms with Crippen LogP contribution in [0.5, 0.6) is 5.75 Å². The lowest BCUT2D eigenvalue weighted by Crippen LogP contribution is -2.09. The molecule has 5 nitrogen and oxygen atoms in total. The average molecular weight is 302 g/mol. The topological polar surface area (TPSA) is 66.0 Å². The fraction of sp³-hybridized carbons (Fsp3) is 0.529. The van der Waals surface area contributed by atoms with E-state index in [1.807, 2.05) is 16.8 Å². The molecule has 1 heterocycles. The van der Waals surface area contributed by atoms with Gasteiger partial charge in [-0.15, -0.1) is 5.10 Å². The second-order valence-corrected chi connectivity index (χ2v) is 5.50. The molecule has 22 heavy (non-hydrogen) atoms. The molecule has 5 heteroatoms. The third kappa shape index (κ3) is 4.31. The lowest BCUT2D eigenvalue weighted by atomic mass is 10.1. The Morgan fingerprint density at radius 1 is 1.14 bits per heavy atom. The van der Waals surface area contributed by atoms with E-state index in [1.54, 1.807) is 7.11 Å². The van der Waals surface area contributed by atoms with Crippen molar-refractivity contribution in [3.8, 4) is 5.75 Å². The number of nitrogens with zero attached hydrogens (tertiary/aromatic N) is 3. The first kappa shape index (κ1) is 16.5. The Balaban J connectivity index is 2.08. The van der Waals surface area contributed by atoms with E-state index in [1.165, 1.54) is 24.8 Å². The van der Waals surface area contributed by atoms with Crippen molar-refractivity contribution < 1.29 is 4.74 Å². The molecule has 0 bridgehead atoms. The van der Waals surface area contributed by atoms with Gasteiger partial charge in [-0.3, -0.25) is 0 Å². The quantitative estimate of drug-likeness (QED) is 0.723. The van der Waals surface area contributed by atoms with Crippen molar-refractivity contribution >= 4 is 0 Å². The number of rotatable bonds is 9. The molecule has 0 aliphatic carbocycles. The lowest BCUT2D eigenvalue weighted by Gasteiger charge is -2.08. The van der Waals surface area contributed by atoms with Crippen molar-refractivity contribution in [2.75, 3.05) is 7.11 Å². The van der Waals surface area contributed by atoms with Crippen LogP contribution in [0.4, 0.5) is 0 Å². The van der Waals surface area contributed by atoms with Crippen molar-refractivity contribution in [3.63, 3.8) is 0 Å². The van der Waals surface area contributed by atoms with Crippen LogP contribution >= 0.6 is 0 Å². The van der Waals surface area contributed by atoms with Gasteiger partial charge in [-0.25, -0.2) is 4.68 Å². The highest BCUT2D eigenvalue weighted by atomic mass is 16.5. The standard InChI is InChI=1S/C17H26N4O/c1-3-4-5-6-11-21-17(16(13-18)19-20-21)12-14-7-9-15(22-2)10-8-14/h7-10H,3-6,11-13,18H2,1-2H3. The van der Waals surface area contributed by atoms with E-state index in [4.69, 9.17) is 10.5 Å². The van der Waals surface area contributed by atoms with Gasteiger partial charge in [0.2, 0.25) is 0 Å². The molecule has 0 atom stereocenters. The van der Waals surface area contributed by atoms with Gasteiger partial charge in [0, 0.05) is 19.5 Å². The van der Waals surface area contributed by atoms with Gasteiger partial charge in [-0.05, 0) is 24.1 Å². The Morgan fingerprint density at radius 3 is 2.55 bits per heavy atom. The van der Waals surface area contributed by atoms with Gasteiger partial charge >= 0.3 is 0 Å². The van der Waals surface area contributed by atoms with Crippen LogP contribution in [-0.2, 0) is 19.5 Å². The summed E-state index contributed by atoms with van der Waals surface area (Å²) in [7, 11) is 1.68. The Bertz CT molecular complexity index is 563. The van der Waals surface area contributed by atoms with Crippen LogP contribution in [-0.4, -0.2) is 22.1 Å². The van der Waals surface area contributed by atoms with Crippen molar-refractivity contribution in [2.24, 2.45) is 5.73 Å². The van der Waals surface area contributed by atoms with Crippen LogP contribution in [0.2, 0.25) is 0 Å². The first-order valence-electron chi connectivity index (χ1n) is 8.02. The van der Waals surface area contributed by atoms with Crippen LogP contribution in [0.15, 0.2) is 24.3 Å². The smallest absolute Gasteiger partial charge is 0.118 e. The summed E-state index contributed by atoms with van der Waals surface area (Å²) in [5, 5.41) is 8.50. The lowest BCUT2D eigenvalue weighted by molar-refractivity contribution is 0.414. The maximum atomic E-state index is 5.80. The van der Waals surface area contributed by atoms with Crippen LogP contribution in [0.3, 0.4) is 0 Å². The van der Waals surface area contributed by atoms with Gasteiger partial charge in [0.05, 0.1) is 18.5 Å². The Hall–Kier alpha value is -1.88. The van der Waals surface area contributed by atoms with Gasteiger partial charge in [-0.1, -0.05) is 43.5 Å².